The molecular formula is C12H15NO2. The second-order valence-electron chi connectivity index (χ2n) is 3.34. The Morgan fingerprint density at radius 1 is 1.27 bits per heavy atom. The molecule has 0 unspecified atom stereocenters. The van der Waals surface area contributed by atoms with E-state index in [0.717, 1.165) is 11.1 Å². The molecule has 1 aliphatic rings. The highest BCUT2D eigenvalue weighted by Crippen LogP contribution is 2.26. The average molecular weight is 205 g/mol. The van der Waals surface area contributed by atoms with Gasteiger partial charge in [-0.1, -0.05) is 36.4 Å². The van der Waals surface area contributed by atoms with Crippen molar-refractivity contribution >= 4 is 6.08 Å². The Morgan fingerprint density at radius 2 is 2.00 bits per heavy atom. The zero-order valence-electron chi connectivity index (χ0n) is 8.56. The first-order chi connectivity index (χ1) is 7.42. The molecule has 1 aromatic rings. The zero-order chi connectivity index (χ0) is 10.5. The molecule has 0 radical (unpaired) electrons. The highest BCUT2D eigenvalue weighted by molar-refractivity contribution is 5.54. The largest absolute Gasteiger partial charge is 0.346 e. The predicted octanol–water partition coefficient (Wildman–Crippen LogP) is 1.70. The summed E-state index contributed by atoms with van der Waals surface area (Å²) in [5.41, 5.74) is 7.61. The second-order valence-corrected chi connectivity index (χ2v) is 3.34. The summed E-state index contributed by atoms with van der Waals surface area (Å²) in [5, 5.41) is 0. The summed E-state index contributed by atoms with van der Waals surface area (Å²) in [5.74, 6) is 0. The van der Waals surface area contributed by atoms with Crippen LogP contribution in [0.15, 0.2) is 30.3 Å². The fourth-order valence-electron chi connectivity index (χ4n) is 1.61. The minimum absolute atomic E-state index is 0.219. The Hall–Kier alpha value is -1.16. The van der Waals surface area contributed by atoms with Gasteiger partial charge in [-0.05, 0) is 5.56 Å². The number of benzene rings is 1. The lowest BCUT2D eigenvalue weighted by molar-refractivity contribution is -0.0442. The van der Waals surface area contributed by atoms with Crippen molar-refractivity contribution < 1.29 is 9.47 Å². The third kappa shape index (κ3) is 2.45. The van der Waals surface area contributed by atoms with E-state index < -0.39 is 0 Å². The Kier molecular flexibility index (Phi) is 3.50. The van der Waals surface area contributed by atoms with E-state index in [1.54, 1.807) is 0 Å². The third-order valence-electron chi connectivity index (χ3n) is 2.31. The first-order valence-corrected chi connectivity index (χ1v) is 5.10. The van der Waals surface area contributed by atoms with E-state index in [-0.39, 0.29) is 6.29 Å². The van der Waals surface area contributed by atoms with Crippen LogP contribution in [0.3, 0.4) is 0 Å². The van der Waals surface area contributed by atoms with E-state index in [4.69, 9.17) is 15.2 Å². The molecule has 0 bridgehead atoms. The van der Waals surface area contributed by atoms with Crippen molar-refractivity contribution in [1.29, 1.82) is 0 Å². The van der Waals surface area contributed by atoms with E-state index in [1.165, 1.54) is 0 Å². The van der Waals surface area contributed by atoms with Crippen LogP contribution in [0.4, 0.5) is 0 Å². The molecular weight excluding hydrogens is 190 g/mol. The average Bonchev–Trinajstić information content (AvgIpc) is 2.80. The van der Waals surface area contributed by atoms with Gasteiger partial charge < -0.3 is 15.2 Å². The van der Waals surface area contributed by atoms with Gasteiger partial charge in [0.25, 0.3) is 0 Å². The van der Waals surface area contributed by atoms with Crippen LogP contribution in [0.1, 0.15) is 17.4 Å². The van der Waals surface area contributed by atoms with Crippen molar-refractivity contribution in [2.75, 3.05) is 19.8 Å². The first-order valence-electron chi connectivity index (χ1n) is 5.10. The second kappa shape index (κ2) is 5.07. The number of hydrogen-bond acceptors (Lipinski definition) is 3. The molecule has 1 fully saturated rings. The van der Waals surface area contributed by atoms with Crippen LogP contribution in [0.5, 0.6) is 0 Å². The summed E-state index contributed by atoms with van der Waals surface area (Å²) in [6.07, 6.45) is 3.71. The lowest BCUT2D eigenvalue weighted by atomic mass is 10.1. The Labute approximate surface area is 89.5 Å². The van der Waals surface area contributed by atoms with E-state index in [9.17, 15) is 0 Å². The topological polar surface area (TPSA) is 44.5 Å². The fourth-order valence-corrected chi connectivity index (χ4v) is 1.61. The minimum Gasteiger partial charge on any atom is -0.346 e. The SMILES string of the molecule is NCC=Cc1ccccc1C1OCCO1. The van der Waals surface area contributed by atoms with E-state index in [2.05, 4.69) is 0 Å². The molecule has 0 amide bonds. The summed E-state index contributed by atoms with van der Waals surface area (Å²) < 4.78 is 10.9. The molecule has 1 aromatic carbocycles. The van der Waals surface area contributed by atoms with Gasteiger partial charge in [-0.15, -0.1) is 0 Å². The van der Waals surface area contributed by atoms with Gasteiger partial charge in [-0.3, -0.25) is 0 Å². The number of nitrogens with two attached hydrogens (primary N) is 1. The van der Waals surface area contributed by atoms with Gasteiger partial charge >= 0.3 is 0 Å². The zero-order valence-corrected chi connectivity index (χ0v) is 8.56. The van der Waals surface area contributed by atoms with Crippen LogP contribution in [-0.2, 0) is 9.47 Å². The van der Waals surface area contributed by atoms with Gasteiger partial charge in [0.15, 0.2) is 6.29 Å². The molecule has 0 atom stereocenters. The Bertz CT molecular complexity index is 343. The van der Waals surface area contributed by atoms with Crippen LogP contribution < -0.4 is 5.73 Å². The lowest BCUT2D eigenvalue weighted by Gasteiger charge is -2.12. The lowest BCUT2D eigenvalue weighted by Crippen LogP contribution is -2.00. The molecule has 1 saturated heterocycles. The normalized spacial score (nSPS) is 17.7. The molecule has 0 spiro atoms. The number of ether oxygens (including phenoxy) is 2. The Morgan fingerprint density at radius 3 is 2.73 bits per heavy atom. The summed E-state index contributed by atoms with van der Waals surface area (Å²) in [6, 6.07) is 8.04. The molecule has 0 saturated carbocycles. The number of hydrogen-bond donors (Lipinski definition) is 1. The molecule has 3 nitrogen and oxygen atoms in total. The summed E-state index contributed by atoms with van der Waals surface area (Å²) >= 11 is 0. The van der Waals surface area contributed by atoms with Crippen molar-refractivity contribution in [2.45, 2.75) is 6.29 Å². The molecule has 3 heteroatoms. The molecule has 1 aliphatic heterocycles. The van der Waals surface area contributed by atoms with Crippen molar-refractivity contribution in [1.82, 2.24) is 0 Å². The maximum atomic E-state index is 5.47. The first kappa shape index (κ1) is 10.4. The quantitative estimate of drug-likeness (QED) is 0.817. The van der Waals surface area contributed by atoms with Gasteiger partial charge in [-0.2, -0.15) is 0 Å². The van der Waals surface area contributed by atoms with Crippen molar-refractivity contribution in [3.05, 3.63) is 41.5 Å². The monoisotopic (exact) mass is 205 g/mol. The summed E-state index contributed by atoms with van der Waals surface area (Å²) in [4.78, 5) is 0. The minimum atomic E-state index is -0.219. The van der Waals surface area contributed by atoms with Gasteiger partial charge in [0.1, 0.15) is 0 Å². The van der Waals surface area contributed by atoms with Crippen molar-refractivity contribution in [3.8, 4) is 0 Å². The smallest absolute Gasteiger partial charge is 0.184 e. The molecule has 0 aliphatic carbocycles. The maximum absolute atomic E-state index is 5.47. The van der Waals surface area contributed by atoms with Crippen molar-refractivity contribution in [3.63, 3.8) is 0 Å². The van der Waals surface area contributed by atoms with Crippen LogP contribution in [0.25, 0.3) is 6.08 Å². The van der Waals surface area contributed by atoms with E-state index >= 15 is 0 Å². The third-order valence-corrected chi connectivity index (χ3v) is 2.31. The summed E-state index contributed by atoms with van der Waals surface area (Å²) in [6.45, 7) is 1.87. The fraction of sp³-hybridized carbons (Fsp3) is 0.333. The Balaban J connectivity index is 2.24. The summed E-state index contributed by atoms with van der Waals surface area (Å²) in [7, 11) is 0. The van der Waals surface area contributed by atoms with Gasteiger partial charge in [0.2, 0.25) is 0 Å². The standard InChI is InChI=1S/C12H15NO2/c13-7-3-5-10-4-1-2-6-11(10)12-14-8-9-15-12/h1-6,12H,7-9,13H2. The van der Waals surface area contributed by atoms with Crippen molar-refractivity contribution in [2.24, 2.45) is 5.73 Å². The van der Waals surface area contributed by atoms with Crippen LogP contribution in [0.2, 0.25) is 0 Å². The highest BCUT2D eigenvalue weighted by Gasteiger charge is 2.19. The van der Waals surface area contributed by atoms with Crippen LogP contribution in [-0.4, -0.2) is 19.8 Å². The van der Waals surface area contributed by atoms with Gasteiger partial charge in [-0.25, -0.2) is 0 Å². The number of rotatable bonds is 3. The predicted molar refractivity (Wildman–Crippen MR) is 59.2 cm³/mol. The van der Waals surface area contributed by atoms with Gasteiger partial charge in [0, 0.05) is 12.1 Å². The van der Waals surface area contributed by atoms with Crippen LogP contribution >= 0.6 is 0 Å². The maximum Gasteiger partial charge on any atom is 0.184 e. The molecule has 15 heavy (non-hydrogen) atoms. The van der Waals surface area contributed by atoms with E-state index in [0.29, 0.717) is 19.8 Å². The highest BCUT2D eigenvalue weighted by atomic mass is 16.7. The molecule has 2 N–H and O–H groups in total. The molecule has 0 aromatic heterocycles. The molecule has 80 valence electrons. The van der Waals surface area contributed by atoms with Gasteiger partial charge in [0.05, 0.1) is 13.2 Å². The molecule has 2 rings (SSSR count). The van der Waals surface area contributed by atoms with Crippen LogP contribution in [0, 0.1) is 0 Å². The molecule has 1 heterocycles. The van der Waals surface area contributed by atoms with E-state index in [1.807, 2.05) is 36.4 Å².